The molecule has 0 aromatic carbocycles. The van der Waals surface area contributed by atoms with Gasteiger partial charge in [0.2, 0.25) is 0 Å². The highest BCUT2D eigenvalue weighted by atomic mass is 32.2. The van der Waals surface area contributed by atoms with Crippen molar-refractivity contribution in [2.75, 3.05) is 7.05 Å². The van der Waals surface area contributed by atoms with Gasteiger partial charge in [0.15, 0.2) is 5.17 Å². The first kappa shape index (κ1) is 8.55. The highest BCUT2D eigenvalue weighted by Gasteiger charge is 2.00. The summed E-state index contributed by atoms with van der Waals surface area (Å²) in [6.07, 6.45) is 0. The Morgan fingerprint density at radius 3 is 3.00 bits per heavy atom. The number of thiazole rings is 1. The summed E-state index contributed by atoms with van der Waals surface area (Å²) in [5.74, 6) is 0. The quantitative estimate of drug-likeness (QED) is 0.411. The molecule has 0 radical (unpaired) electrons. The molecule has 5 heteroatoms. The van der Waals surface area contributed by atoms with E-state index in [1.165, 1.54) is 11.8 Å². The molecule has 0 spiro atoms. The smallest absolute Gasteiger partial charge is 0.160 e. The first-order valence-corrected chi connectivity index (χ1v) is 4.74. The van der Waals surface area contributed by atoms with E-state index in [0.717, 1.165) is 10.0 Å². The van der Waals surface area contributed by atoms with Crippen LogP contribution < -0.4 is 5.73 Å². The van der Waals surface area contributed by atoms with Crippen LogP contribution in [-0.2, 0) is 0 Å². The number of rotatable bonds is 1. The van der Waals surface area contributed by atoms with E-state index >= 15 is 0 Å². The van der Waals surface area contributed by atoms with Crippen LogP contribution in [0, 0.1) is 6.92 Å². The minimum atomic E-state index is 0.551. The average Bonchev–Trinajstić information content (AvgIpc) is 2.35. The lowest BCUT2D eigenvalue weighted by Crippen LogP contribution is -2.05. The zero-order valence-electron chi connectivity index (χ0n) is 6.37. The van der Waals surface area contributed by atoms with Crippen molar-refractivity contribution in [3.63, 3.8) is 0 Å². The predicted octanol–water partition coefficient (Wildman–Crippen LogP) is 1.49. The molecule has 0 saturated heterocycles. The molecule has 1 aromatic heterocycles. The first-order chi connectivity index (χ1) is 5.22. The Balaban J connectivity index is 2.65. The van der Waals surface area contributed by atoms with E-state index in [1.807, 2.05) is 12.3 Å². The van der Waals surface area contributed by atoms with Gasteiger partial charge in [-0.25, -0.2) is 4.98 Å². The SMILES string of the molecule is CN=C(N)Sc1csc(C)n1. The second kappa shape index (κ2) is 3.73. The van der Waals surface area contributed by atoms with Gasteiger partial charge in [-0.05, 0) is 18.7 Å². The number of hydrogen-bond donors (Lipinski definition) is 1. The van der Waals surface area contributed by atoms with Crippen LogP contribution in [0.2, 0.25) is 0 Å². The largest absolute Gasteiger partial charge is 0.378 e. The molecule has 0 fully saturated rings. The van der Waals surface area contributed by atoms with Crippen LogP contribution in [0.3, 0.4) is 0 Å². The Labute approximate surface area is 73.7 Å². The number of nitrogens with zero attached hydrogens (tertiary/aromatic N) is 2. The molecular weight excluding hydrogens is 178 g/mol. The molecule has 11 heavy (non-hydrogen) atoms. The van der Waals surface area contributed by atoms with Crippen molar-refractivity contribution < 1.29 is 0 Å². The molecule has 0 saturated carbocycles. The summed E-state index contributed by atoms with van der Waals surface area (Å²) in [5, 5.41) is 4.50. The van der Waals surface area contributed by atoms with Gasteiger partial charge in [-0.15, -0.1) is 11.3 Å². The van der Waals surface area contributed by atoms with Crippen molar-refractivity contribution in [2.24, 2.45) is 10.7 Å². The molecule has 0 amide bonds. The Bertz CT molecular complexity index is 267. The van der Waals surface area contributed by atoms with Crippen LogP contribution >= 0.6 is 23.1 Å². The number of amidine groups is 1. The minimum Gasteiger partial charge on any atom is -0.378 e. The predicted molar refractivity (Wildman–Crippen MR) is 50.3 cm³/mol. The third kappa shape index (κ3) is 2.51. The van der Waals surface area contributed by atoms with Crippen LogP contribution in [-0.4, -0.2) is 17.2 Å². The summed E-state index contributed by atoms with van der Waals surface area (Å²) >= 11 is 3.01. The Morgan fingerprint density at radius 1 is 1.82 bits per heavy atom. The highest BCUT2D eigenvalue weighted by molar-refractivity contribution is 8.13. The summed E-state index contributed by atoms with van der Waals surface area (Å²) in [6, 6.07) is 0. The molecule has 2 N–H and O–H groups in total. The topological polar surface area (TPSA) is 51.3 Å². The lowest BCUT2D eigenvalue weighted by Gasteiger charge is -1.92. The second-order valence-electron chi connectivity index (χ2n) is 1.87. The minimum absolute atomic E-state index is 0.551. The zero-order valence-corrected chi connectivity index (χ0v) is 8.00. The van der Waals surface area contributed by atoms with Gasteiger partial charge < -0.3 is 5.73 Å². The van der Waals surface area contributed by atoms with Gasteiger partial charge in [0, 0.05) is 12.4 Å². The lowest BCUT2D eigenvalue weighted by atomic mass is 10.8. The van der Waals surface area contributed by atoms with E-state index in [1.54, 1.807) is 18.4 Å². The monoisotopic (exact) mass is 187 g/mol. The molecular formula is C6H9N3S2. The van der Waals surface area contributed by atoms with E-state index in [-0.39, 0.29) is 0 Å². The summed E-state index contributed by atoms with van der Waals surface area (Å²) < 4.78 is 0. The van der Waals surface area contributed by atoms with E-state index in [0.29, 0.717) is 5.17 Å². The highest BCUT2D eigenvalue weighted by Crippen LogP contribution is 2.19. The van der Waals surface area contributed by atoms with Gasteiger partial charge in [0.05, 0.1) is 5.01 Å². The van der Waals surface area contributed by atoms with Crippen molar-refractivity contribution in [2.45, 2.75) is 11.9 Å². The van der Waals surface area contributed by atoms with Crippen LogP contribution in [0.1, 0.15) is 5.01 Å². The molecule has 60 valence electrons. The van der Waals surface area contributed by atoms with Gasteiger partial charge >= 0.3 is 0 Å². The van der Waals surface area contributed by atoms with Crippen LogP contribution in [0.5, 0.6) is 0 Å². The molecule has 3 nitrogen and oxygen atoms in total. The summed E-state index contributed by atoms with van der Waals surface area (Å²) in [5.41, 5.74) is 5.49. The van der Waals surface area contributed by atoms with Gasteiger partial charge in [-0.2, -0.15) is 0 Å². The molecule has 0 aliphatic carbocycles. The number of aliphatic imine (C=N–C) groups is 1. The summed E-state index contributed by atoms with van der Waals surface area (Å²) in [7, 11) is 1.67. The van der Waals surface area contributed by atoms with Crippen LogP contribution in [0.4, 0.5) is 0 Å². The Morgan fingerprint density at radius 2 is 2.55 bits per heavy atom. The van der Waals surface area contributed by atoms with Gasteiger partial charge in [0.25, 0.3) is 0 Å². The Hall–Kier alpha value is -0.550. The van der Waals surface area contributed by atoms with Crippen LogP contribution in [0.15, 0.2) is 15.4 Å². The van der Waals surface area contributed by atoms with Crippen molar-refractivity contribution >= 4 is 28.3 Å². The fourth-order valence-electron chi connectivity index (χ4n) is 0.543. The molecule has 0 unspecified atom stereocenters. The third-order valence-electron chi connectivity index (χ3n) is 1.03. The maximum atomic E-state index is 5.49. The maximum absolute atomic E-state index is 5.49. The molecule has 1 rings (SSSR count). The van der Waals surface area contributed by atoms with Crippen molar-refractivity contribution in [3.8, 4) is 0 Å². The molecule has 0 aliphatic rings. The molecule has 0 bridgehead atoms. The third-order valence-corrected chi connectivity index (χ3v) is 2.76. The zero-order chi connectivity index (χ0) is 8.27. The fraction of sp³-hybridized carbons (Fsp3) is 0.333. The van der Waals surface area contributed by atoms with Crippen molar-refractivity contribution in [1.82, 2.24) is 4.98 Å². The fourth-order valence-corrected chi connectivity index (χ4v) is 1.90. The number of hydrogen-bond acceptors (Lipinski definition) is 4. The van der Waals surface area contributed by atoms with Gasteiger partial charge in [-0.1, -0.05) is 0 Å². The van der Waals surface area contributed by atoms with E-state index < -0.39 is 0 Å². The summed E-state index contributed by atoms with van der Waals surface area (Å²) in [4.78, 5) is 8.03. The second-order valence-corrected chi connectivity index (χ2v) is 3.97. The van der Waals surface area contributed by atoms with Crippen molar-refractivity contribution in [3.05, 3.63) is 10.4 Å². The average molecular weight is 187 g/mol. The van der Waals surface area contributed by atoms with E-state index in [9.17, 15) is 0 Å². The molecule has 0 atom stereocenters. The number of aryl methyl sites for hydroxylation is 1. The van der Waals surface area contributed by atoms with Gasteiger partial charge in [-0.3, -0.25) is 4.99 Å². The summed E-state index contributed by atoms with van der Waals surface area (Å²) in [6.45, 7) is 1.97. The van der Waals surface area contributed by atoms with E-state index in [2.05, 4.69) is 9.98 Å². The molecule has 1 heterocycles. The number of aromatic nitrogens is 1. The molecule has 0 aliphatic heterocycles. The van der Waals surface area contributed by atoms with Crippen molar-refractivity contribution in [1.29, 1.82) is 0 Å². The molecule has 1 aromatic rings. The number of thioether (sulfide) groups is 1. The maximum Gasteiger partial charge on any atom is 0.160 e. The van der Waals surface area contributed by atoms with E-state index in [4.69, 9.17) is 5.73 Å². The first-order valence-electron chi connectivity index (χ1n) is 3.04. The standard InChI is InChI=1S/C6H9N3S2/c1-4-9-5(3-10-4)11-6(7)8-2/h3H,1-2H3,(H2,7,8). The number of nitrogens with two attached hydrogens (primary N) is 1. The lowest BCUT2D eigenvalue weighted by molar-refractivity contribution is 1.15. The Kier molecular flexibility index (Phi) is 2.90. The van der Waals surface area contributed by atoms with Crippen LogP contribution in [0.25, 0.3) is 0 Å². The van der Waals surface area contributed by atoms with Gasteiger partial charge in [0.1, 0.15) is 5.03 Å². The normalized spacial score (nSPS) is 12.0.